The van der Waals surface area contributed by atoms with Crippen molar-refractivity contribution in [2.24, 2.45) is 5.10 Å². The van der Waals surface area contributed by atoms with E-state index >= 15 is 0 Å². The molecule has 0 aromatic heterocycles. The lowest BCUT2D eigenvalue weighted by Crippen LogP contribution is -2.18. The van der Waals surface area contributed by atoms with Crippen LogP contribution in [-0.2, 0) is 20.1 Å². The van der Waals surface area contributed by atoms with Gasteiger partial charge in [-0.25, -0.2) is 4.83 Å². The summed E-state index contributed by atoms with van der Waals surface area (Å²) < 4.78 is 55.7. The maximum Gasteiger partial charge on any atom is 0.339 e. The van der Waals surface area contributed by atoms with Gasteiger partial charge in [0.15, 0.2) is 5.75 Å². The second-order valence-electron chi connectivity index (χ2n) is 7.19. The van der Waals surface area contributed by atoms with Gasteiger partial charge in [0.25, 0.3) is 15.7 Å². The number of benzene rings is 4. The molecule has 0 saturated heterocycles. The number of hydrazone groups is 1. The minimum Gasteiger partial charge on any atom is -0.378 e. The van der Waals surface area contributed by atoms with E-state index in [2.05, 4.69) is 9.93 Å². The van der Waals surface area contributed by atoms with Gasteiger partial charge in [-0.2, -0.15) is 21.9 Å². The molecule has 1 N–H and O–H groups in total. The number of non-ortho nitro benzene ring substituents is 1. The molecule has 0 amide bonds. The van der Waals surface area contributed by atoms with E-state index < -0.39 is 25.1 Å². The Labute approximate surface area is 200 Å². The van der Waals surface area contributed by atoms with E-state index in [4.69, 9.17) is 4.18 Å². The fraction of sp³-hybridized carbons (Fsp3) is 0. The van der Waals surface area contributed by atoms with E-state index in [-0.39, 0.29) is 26.8 Å². The van der Waals surface area contributed by atoms with E-state index in [9.17, 15) is 26.9 Å². The number of para-hydroxylation sites is 1. The zero-order valence-electron chi connectivity index (χ0n) is 17.8. The Morgan fingerprint density at radius 3 is 2.14 bits per heavy atom. The summed E-state index contributed by atoms with van der Waals surface area (Å²) in [5.41, 5.74) is -0.0885. The van der Waals surface area contributed by atoms with E-state index in [1.807, 2.05) is 12.1 Å². The number of fused-ring (bicyclic) bond motifs is 1. The standard InChI is InChI=1S/C23H17N3O7S2/c27-26(28)20-10-13-21(14-11-20)35(31,32)33-23-8-4-3-7-19(23)16-24-25-34(29,30)22-12-9-17-5-1-2-6-18(17)15-22/h1-16,25H/b24-16-. The van der Waals surface area contributed by atoms with Crippen LogP contribution in [0.5, 0.6) is 5.75 Å². The van der Waals surface area contributed by atoms with Crippen LogP contribution in [0.15, 0.2) is 106 Å². The monoisotopic (exact) mass is 511 g/mol. The molecule has 0 spiro atoms. The Kier molecular flexibility index (Phi) is 6.49. The molecule has 0 aliphatic carbocycles. The Morgan fingerprint density at radius 2 is 1.43 bits per heavy atom. The molecule has 4 aromatic rings. The smallest absolute Gasteiger partial charge is 0.339 e. The maximum absolute atomic E-state index is 12.6. The van der Waals surface area contributed by atoms with Crippen LogP contribution in [0.3, 0.4) is 0 Å². The first-order valence-corrected chi connectivity index (χ1v) is 12.9. The number of rotatable bonds is 8. The fourth-order valence-corrected chi connectivity index (χ4v) is 4.90. The van der Waals surface area contributed by atoms with Crippen molar-refractivity contribution < 1.29 is 25.9 Å². The lowest BCUT2D eigenvalue weighted by Gasteiger charge is -2.09. The molecule has 0 fully saturated rings. The van der Waals surface area contributed by atoms with Crippen LogP contribution < -0.4 is 9.01 Å². The van der Waals surface area contributed by atoms with Gasteiger partial charge < -0.3 is 4.18 Å². The number of nitro benzene ring substituents is 1. The SMILES string of the molecule is O=[N+]([O-])c1ccc(S(=O)(=O)Oc2ccccc2/C=N\NS(=O)(=O)c2ccc3ccccc3c2)cc1. The number of hydrogen-bond donors (Lipinski definition) is 1. The van der Waals surface area contributed by atoms with Gasteiger partial charge in [-0.3, -0.25) is 10.1 Å². The average molecular weight is 512 g/mol. The lowest BCUT2D eigenvalue weighted by molar-refractivity contribution is -0.384. The van der Waals surface area contributed by atoms with Crippen LogP contribution in [0.4, 0.5) is 5.69 Å². The summed E-state index contributed by atoms with van der Waals surface area (Å²) in [4.78, 5) is 12.0. The normalized spacial score (nSPS) is 12.0. The minimum absolute atomic E-state index is 0.0126. The highest BCUT2D eigenvalue weighted by atomic mass is 32.2. The number of nitro groups is 1. The molecule has 0 radical (unpaired) electrons. The number of hydrogen-bond acceptors (Lipinski definition) is 8. The third-order valence-electron chi connectivity index (χ3n) is 4.86. The molecule has 35 heavy (non-hydrogen) atoms. The summed E-state index contributed by atoms with van der Waals surface area (Å²) in [7, 11) is -8.30. The Hall–Kier alpha value is -4.29. The predicted molar refractivity (Wildman–Crippen MR) is 129 cm³/mol. The highest BCUT2D eigenvalue weighted by Gasteiger charge is 2.20. The fourth-order valence-electron chi connectivity index (χ4n) is 3.12. The largest absolute Gasteiger partial charge is 0.378 e. The zero-order chi connectivity index (χ0) is 25.1. The summed E-state index contributed by atoms with van der Waals surface area (Å²) >= 11 is 0. The molecule has 0 aliphatic heterocycles. The van der Waals surface area contributed by atoms with Gasteiger partial charge in [-0.05, 0) is 47.2 Å². The average Bonchev–Trinajstić information content (AvgIpc) is 2.84. The van der Waals surface area contributed by atoms with Crippen molar-refractivity contribution in [2.45, 2.75) is 9.79 Å². The summed E-state index contributed by atoms with van der Waals surface area (Å²) in [6, 6.07) is 22.1. The molecule has 0 bridgehead atoms. The van der Waals surface area contributed by atoms with Crippen molar-refractivity contribution in [3.05, 3.63) is 107 Å². The van der Waals surface area contributed by atoms with Crippen LogP contribution in [0.2, 0.25) is 0 Å². The molecule has 0 unspecified atom stereocenters. The van der Waals surface area contributed by atoms with Crippen LogP contribution in [-0.4, -0.2) is 28.0 Å². The Morgan fingerprint density at radius 1 is 0.800 bits per heavy atom. The first-order chi connectivity index (χ1) is 16.7. The summed E-state index contributed by atoms with van der Waals surface area (Å²) in [6.07, 6.45) is 1.11. The van der Waals surface area contributed by atoms with E-state index in [1.54, 1.807) is 24.3 Å². The van der Waals surface area contributed by atoms with Gasteiger partial charge in [0.2, 0.25) is 0 Å². The first-order valence-electron chi connectivity index (χ1n) is 9.97. The van der Waals surface area contributed by atoms with Crippen molar-refractivity contribution in [3.63, 3.8) is 0 Å². The molecular weight excluding hydrogens is 494 g/mol. The molecule has 4 aromatic carbocycles. The molecule has 0 atom stereocenters. The quantitative estimate of drug-likeness (QED) is 0.164. The third kappa shape index (κ3) is 5.45. The summed E-state index contributed by atoms with van der Waals surface area (Å²) in [5, 5.41) is 16.2. The van der Waals surface area contributed by atoms with Crippen molar-refractivity contribution in [3.8, 4) is 5.75 Å². The van der Waals surface area contributed by atoms with Gasteiger partial charge in [-0.1, -0.05) is 42.5 Å². The van der Waals surface area contributed by atoms with Crippen molar-refractivity contribution in [2.75, 3.05) is 0 Å². The van der Waals surface area contributed by atoms with Crippen molar-refractivity contribution >= 4 is 42.8 Å². The predicted octanol–water partition coefficient (Wildman–Crippen LogP) is 3.83. The van der Waals surface area contributed by atoms with Gasteiger partial charge >= 0.3 is 10.1 Å². The first kappa shape index (κ1) is 23.9. The Balaban J connectivity index is 1.53. The molecule has 0 heterocycles. The van der Waals surface area contributed by atoms with Crippen molar-refractivity contribution in [1.82, 2.24) is 4.83 Å². The molecular formula is C23H17N3O7S2. The summed E-state index contributed by atoms with van der Waals surface area (Å²) in [5.74, 6) is -0.112. The van der Waals surface area contributed by atoms with Gasteiger partial charge in [-0.15, -0.1) is 0 Å². The third-order valence-corrected chi connectivity index (χ3v) is 7.33. The highest BCUT2D eigenvalue weighted by molar-refractivity contribution is 7.89. The van der Waals surface area contributed by atoms with E-state index in [0.717, 1.165) is 41.3 Å². The highest BCUT2D eigenvalue weighted by Crippen LogP contribution is 2.24. The minimum atomic E-state index is -4.32. The topological polar surface area (TPSA) is 145 Å². The lowest BCUT2D eigenvalue weighted by atomic mass is 10.1. The van der Waals surface area contributed by atoms with Crippen LogP contribution >= 0.6 is 0 Å². The maximum atomic E-state index is 12.6. The van der Waals surface area contributed by atoms with E-state index in [1.165, 1.54) is 30.3 Å². The van der Waals surface area contributed by atoms with Gasteiger partial charge in [0.05, 0.1) is 16.0 Å². The van der Waals surface area contributed by atoms with Gasteiger partial charge in [0.1, 0.15) is 4.90 Å². The molecule has 10 nitrogen and oxygen atoms in total. The number of sulfonamides is 1. The van der Waals surface area contributed by atoms with E-state index in [0.29, 0.717) is 0 Å². The van der Waals surface area contributed by atoms with Gasteiger partial charge in [0, 0.05) is 17.7 Å². The van der Waals surface area contributed by atoms with Crippen LogP contribution in [0, 0.1) is 10.1 Å². The summed E-state index contributed by atoms with van der Waals surface area (Å²) in [6.45, 7) is 0. The molecule has 178 valence electrons. The molecule has 12 heteroatoms. The number of nitrogens with one attached hydrogen (secondary N) is 1. The number of nitrogens with zero attached hydrogens (tertiary/aromatic N) is 2. The second-order valence-corrected chi connectivity index (χ2v) is 10.4. The molecule has 0 aliphatic rings. The molecule has 0 saturated carbocycles. The van der Waals surface area contributed by atoms with Crippen LogP contribution in [0.25, 0.3) is 10.8 Å². The van der Waals surface area contributed by atoms with Crippen LogP contribution in [0.1, 0.15) is 5.56 Å². The van der Waals surface area contributed by atoms with Crippen molar-refractivity contribution in [1.29, 1.82) is 0 Å². The molecule has 4 rings (SSSR count). The Bertz CT molecular complexity index is 1650. The zero-order valence-corrected chi connectivity index (χ0v) is 19.4. The second kappa shape index (κ2) is 9.52.